The van der Waals surface area contributed by atoms with Gasteiger partial charge in [-0.05, 0) is 31.2 Å². The van der Waals surface area contributed by atoms with Crippen LogP contribution in [0.3, 0.4) is 0 Å². The number of hydrogen-bond donors (Lipinski definition) is 2. The molecule has 0 aliphatic carbocycles. The molecule has 0 spiro atoms. The average Bonchev–Trinajstić information content (AvgIpc) is 3.14. The van der Waals surface area contributed by atoms with Crippen LogP contribution in [-0.4, -0.2) is 20.6 Å². The second-order valence-corrected chi connectivity index (χ2v) is 7.62. The van der Waals surface area contributed by atoms with E-state index in [1.165, 1.54) is 24.4 Å². The van der Waals surface area contributed by atoms with E-state index in [-0.39, 0.29) is 27.1 Å². The molecule has 2 heterocycles. The second-order valence-electron chi connectivity index (χ2n) is 6.74. The highest BCUT2D eigenvalue weighted by Gasteiger charge is 2.22. The molecule has 0 aliphatic rings. The lowest BCUT2D eigenvalue weighted by Crippen LogP contribution is -2.34. The van der Waals surface area contributed by atoms with Crippen molar-refractivity contribution in [1.29, 1.82) is 0 Å². The molecule has 2 aromatic heterocycles. The monoisotopic (exact) mass is 462 g/mol. The zero-order valence-electron chi connectivity index (χ0n) is 16.2. The Balaban J connectivity index is 1.83. The third-order valence-corrected chi connectivity index (χ3v) is 5.69. The Labute approximate surface area is 181 Å². The standard InChI is InChI=1S/C21H13F3N2O5S/c1-9(16-12(23)3-2-4-13(16)24)31-10-5-6-11(22)15(7-10)26-19(27)17-14(25-21(26)30)8-32-18(17)20(28)29/h2-9H,1H3,(H,25,30)(H,28,29). The number of aromatic nitrogens is 2. The fourth-order valence-corrected chi connectivity index (χ4v) is 4.14. The molecule has 32 heavy (non-hydrogen) atoms. The summed E-state index contributed by atoms with van der Waals surface area (Å²) in [5, 5.41) is 10.3. The number of rotatable bonds is 5. The summed E-state index contributed by atoms with van der Waals surface area (Å²) in [7, 11) is 0. The van der Waals surface area contributed by atoms with Crippen LogP contribution in [0.15, 0.2) is 51.4 Å². The van der Waals surface area contributed by atoms with Crippen LogP contribution in [0.4, 0.5) is 13.2 Å². The van der Waals surface area contributed by atoms with Gasteiger partial charge in [-0.3, -0.25) is 4.79 Å². The molecular weight excluding hydrogens is 449 g/mol. The molecule has 4 aromatic rings. The number of ether oxygens (including phenoxy) is 1. The Morgan fingerprint density at radius 2 is 1.81 bits per heavy atom. The molecule has 4 rings (SSSR count). The first-order valence-electron chi connectivity index (χ1n) is 9.09. The first kappa shape index (κ1) is 21.4. The minimum atomic E-state index is -1.38. The number of nitrogens with zero attached hydrogens (tertiary/aromatic N) is 1. The highest BCUT2D eigenvalue weighted by Crippen LogP contribution is 2.28. The summed E-state index contributed by atoms with van der Waals surface area (Å²) in [5.74, 6) is -4.10. The van der Waals surface area contributed by atoms with Crippen LogP contribution in [0.25, 0.3) is 16.6 Å². The van der Waals surface area contributed by atoms with E-state index in [1.54, 1.807) is 0 Å². The fraction of sp³-hybridized carbons (Fsp3) is 0.0952. The molecule has 164 valence electrons. The lowest BCUT2D eigenvalue weighted by atomic mass is 10.1. The van der Waals surface area contributed by atoms with Gasteiger partial charge in [0.1, 0.15) is 34.2 Å². The molecule has 0 saturated heterocycles. The van der Waals surface area contributed by atoms with Gasteiger partial charge in [0.05, 0.1) is 22.2 Å². The molecule has 0 bridgehead atoms. The van der Waals surface area contributed by atoms with Crippen molar-refractivity contribution in [3.05, 3.63) is 90.5 Å². The maximum absolute atomic E-state index is 14.6. The number of carboxylic acid groups (broad SMARTS) is 1. The number of thiophene rings is 1. The molecule has 2 aromatic carbocycles. The number of hydrogen-bond acceptors (Lipinski definition) is 5. The van der Waals surface area contributed by atoms with Gasteiger partial charge in [0, 0.05) is 11.4 Å². The summed E-state index contributed by atoms with van der Waals surface area (Å²) >= 11 is 0.741. The van der Waals surface area contributed by atoms with Gasteiger partial charge in [-0.1, -0.05) is 6.07 Å². The minimum Gasteiger partial charge on any atom is -0.486 e. The van der Waals surface area contributed by atoms with Crippen molar-refractivity contribution in [2.75, 3.05) is 0 Å². The fourth-order valence-electron chi connectivity index (χ4n) is 3.31. The smallest absolute Gasteiger partial charge is 0.346 e. The number of nitrogens with one attached hydrogen (secondary N) is 1. The van der Waals surface area contributed by atoms with E-state index >= 15 is 0 Å². The van der Waals surface area contributed by atoms with Crippen LogP contribution in [0.5, 0.6) is 5.75 Å². The van der Waals surface area contributed by atoms with Crippen LogP contribution < -0.4 is 16.0 Å². The lowest BCUT2D eigenvalue weighted by molar-refractivity contribution is 0.0704. The maximum atomic E-state index is 14.6. The lowest BCUT2D eigenvalue weighted by Gasteiger charge is -2.17. The number of aromatic amines is 1. The van der Waals surface area contributed by atoms with Crippen LogP contribution in [0, 0.1) is 17.5 Å². The highest BCUT2D eigenvalue weighted by atomic mass is 32.1. The molecule has 1 atom stereocenters. The SMILES string of the molecule is CC(Oc1ccc(F)c(-n2c(=O)[nH]c3csc(C(=O)O)c3c2=O)c1)c1c(F)cccc1F. The van der Waals surface area contributed by atoms with Crippen LogP contribution in [0.1, 0.15) is 28.3 Å². The normalized spacial score (nSPS) is 12.1. The molecule has 7 nitrogen and oxygen atoms in total. The second kappa shape index (κ2) is 8.00. The minimum absolute atomic E-state index is 0.00936. The summed E-state index contributed by atoms with van der Waals surface area (Å²) in [5.41, 5.74) is -2.89. The Morgan fingerprint density at radius 3 is 2.47 bits per heavy atom. The van der Waals surface area contributed by atoms with Gasteiger partial charge >= 0.3 is 11.7 Å². The zero-order valence-corrected chi connectivity index (χ0v) is 17.0. The number of benzene rings is 2. The topological polar surface area (TPSA) is 101 Å². The van der Waals surface area contributed by atoms with Crippen molar-refractivity contribution in [1.82, 2.24) is 9.55 Å². The number of carbonyl (C=O) groups is 1. The van der Waals surface area contributed by atoms with E-state index in [9.17, 15) is 32.7 Å². The third-order valence-electron chi connectivity index (χ3n) is 4.72. The van der Waals surface area contributed by atoms with Crippen molar-refractivity contribution in [3.63, 3.8) is 0 Å². The van der Waals surface area contributed by atoms with E-state index in [4.69, 9.17) is 4.74 Å². The Bertz CT molecular complexity index is 1470. The number of aromatic carboxylic acids is 1. The third kappa shape index (κ3) is 3.56. The van der Waals surface area contributed by atoms with Crippen molar-refractivity contribution in [3.8, 4) is 11.4 Å². The number of carboxylic acids is 1. The summed E-state index contributed by atoms with van der Waals surface area (Å²) in [4.78, 5) is 38.8. The summed E-state index contributed by atoms with van der Waals surface area (Å²) in [6.07, 6.45) is -1.12. The van der Waals surface area contributed by atoms with Gasteiger partial charge in [-0.2, -0.15) is 0 Å². The molecular formula is C21H13F3N2O5S. The van der Waals surface area contributed by atoms with Gasteiger partial charge in [-0.15, -0.1) is 11.3 Å². The predicted octanol–water partition coefficient (Wildman–Crippen LogP) is 4.00. The van der Waals surface area contributed by atoms with Crippen LogP contribution >= 0.6 is 11.3 Å². The highest BCUT2D eigenvalue weighted by molar-refractivity contribution is 7.13. The largest absolute Gasteiger partial charge is 0.486 e. The van der Waals surface area contributed by atoms with Crippen molar-refractivity contribution < 1.29 is 27.8 Å². The number of H-pyrrole nitrogens is 1. The quantitative estimate of drug-likeness (QED) is 0.467. The van der Waals surface area contributed by atoms with Gasteiger partial charge in [0.15, 0.2) is 0 Å². The van der Waals surface area contributed by atoms with Crippen LogP contribution in [0.2, 0.25) is 0 Å². The van der Waals surface area contributed by atoms with E-state index in [0.29, 0.717) is 4.57 Å². The molecule has 2 N–H and O–H groups in total. The Morgan fingerprint density at radius 1 is 1.12 bits per heavy atom. The van der Waals surface area contributed by atoms with Gasteiger partial charge in [0.25, 0.3) is 5.56 Å². The molecule has 0 saturated carbocycles. The number of halogens is 3. The zero-order chi connectivity index (χ0) is 23.2. The van der Waals surface area contributed by atoms with E-state index in [1.807, 2.05) is 0 Å². The van der Waals surface area contributed by atoms with Gasteiger partial charge in [0.2, 0.25) is 0 Å². The average molecular weight is 462 g/mol. The predicted molar refractivity (Wildman–Crippen MR) is 110 cm³/mol. The Kier molecular flexibility index (Phi) is 5.35. The first-order valence-corrected chi connectivity index (χ1v) is 9.97. The van der Waals surface area contributed by atoms with Crippen LogP contribution in [-0.2, 0) is 0 Å². The first-order chi connectivity index (χ1) is 15.2. The Hall–Kier alpha value is -3.86. The molecule has 0 radical (unpaired) electrons. The molecule has 0 fully saturated rings. The molecule has 1 unspecified atom stereocenters. The van der Waals surface area contributed by atoms with E-state index in [0.717, 1.165) is 35.6 Å². The number of fused-ring (bicyclic) bond motifs is 1. The maximum Gasteiger partial charge on any atom is 0.346 e. The molecule has 0 amide bonds. The summed E-state index contributed by atoms with van der Waals surface area (Å²) in [6.45, 7) is 1.38. The van der Waals surface area contributed by atoms with Crippen molar-refractivity contribution in [2.24, 2.45) is 0 Å². The summed E-state index contributed by atoms with van der Waals surface area (Å²) < 4.78 is 48.6. The molecule has 0 aliphatic heterocycles. The van der Waals surface area contributed by atoms with Gasteiger partial charge in [-0.25, -0.2) is 27.3 Å². The molecule has 11 heteroatoms. The van der Waals surface area contributed by atoms with Crippen molar-refractivity contribution in [2.45, 2.75) is 13.0 Å². The van der Waals surface area contributed by atoms with E-state index < -0.39 is 46.5 Å². The summed E-state index contributed by atoms with van der Waals surface area (Å²) in [6, 6.07) is 6.41. The van der Waals surface area contributed by atoms with Crippen molar-refractivity contribution >= 4 is 28.2 Å². The van der Waals surface area contributed by atoms with Gasteiger partial charge < -0.3 is 14.8 Å². The van der Waals surface area contributed by atoms with E-state index in [2.05, 4.69) is 4.98 Å².